The van der Waals surface area contributed by atoms with Crippen molar-refractivity contribution in [1.29, 1.82) is 0 Å². The van der Waals surface area contributed by atoms with Crippen molar-refractivity contribution in [3.63, 3.8) is 0 Å². The smallest absolute Gasteiger partial charge is 0.411 e. The van der Waals surface area contributed by atoms with E-state index in [4.69, 9.17) is 9.47 Å². The van der Waals surface area contributed by atoms with Gasteiger partial charge < -0.3 is 14.4 Å². The van der Waals surface area contributed by atoms with Crippen LogP contribution >= 0.6 is 0 Å². The number of amides is 1. The first-order valence-electron chi connectivity index (χ1n) is 8.11. The average Bonchev–Trinajstić information content (AvgIpc) is 2.52. The Hall–Kier alpha value is -2.24. The lowest BCUT2D eigenvalue weighted by atomic mass is 10.1. The summed E-state index contributed by atoms with van der Waals surface area (Å²) in [6, 6.07) is 7.32. The van der Waals surface area contributed by atoms with Crippen LogP contribution in [0.3, 0.4) is 0 Å². The summed E-state index contributed by atoms with van der Waals surface area (Å²) in [6.45, 7) is 8.88. The summed E-state index contributed by atoms with van der Waals surface area (Å²) >= 11 is 0. The number of para-hydroxylation sites is 1. The van der Waals surface area contributed by atoms with E-state index in [-0.39, 0.29) is 0 Å². The number of hydrogen-bond acceptors (Lipinski definition) is 5. The van der Waals surface area contributed by atoms with E-state index in [2.05, 4.69) is 4.90 Å². The quantitative estimate of drug-likeness (QED) is 0.778. The Morgan fingerprint density at radius 3 is 2.42 bits per heavy atom. The molecule has 6 heteroatoms. The Morgan fingerprint density at radius 2 is 1.83 bits per heavy atom. The van der Waals surface area contributed by atoms with Gasteiger partial charge in [-0.3, -0.25) is 4.90 Å². The number of carbonyl (C=O) groups excluding carboxylic acids is 2. The van der Waals surface area contributed by atoms with Crippen molar-refractivity contribution in [2.24, 2.45) is 0 Å². The second-order valence-corrected chi connectivity index (χ2v) is 6.95. The molecule has 1 heterocycles. The van der Waals surface area contributed by atoms with Crippen LogP contribution < -0.4 is 4.90 Å². The summed E-state index contributed by atoms with van der Waals surface area (Å²) < 4.78 is 10.3. The standard InChI is InChI=1S/C18H26N2O4/c1-13-8-6-7-9-14(13)19-10-11-20(15(12-19)16(21)23-5)17(22)24-18(2,3)4/h6-9,15H,10-12H2,1-5H3/t15-/m1/s1. The number of nitrogens with zero attached hydrogens (tertiary/aromatic N) is 2. The fourth-order valence-corrected chi connectivity index (χ4v) is 2.80. The Bertz CT molecular complexity index is 609. The van der Waals surface area contributed by atoms with Crippen molar-refractivity contribution >= 4 is 17.7 Å². The largest absolute Gasteiger partial charge is 0.467 e. The molecule has 0 N–H and O–H groups in total. The van der Waals surface area contributed by atoms with E-state index in [0.717, 1.165) is 11.3 Å². The molecular weight excluding hydrogens is 308 g/mol. The van der Waals surface area contributed by atoms with Gasteiger partial charge in [0.25, 0.3) is 0 Å². The number of benzene rings is 1. The first-order chi connectivity index (χ1) is 11.2. The third-order valence-corrected chi connectivity index (χ3v) is 3.94. The van der Waals surface area contributed by atoms with Crippen molar-refractivity contribution in [2.75, 3.05) is 31.6 Å². The minimum atomic E-state index is -0.682. The molecule has 1 atom stereocenters. The van der Waals surface area contributed by atoms with Gasteiger partial charge in [0.2, 0.25) is 0 Å². The fourth-order valence-electron chi connectivity index (χ4n) is 2.80. The molecule has 24 heavy (non-hydrogen) atoms. The molecule has 0 bridgehead atoms. The molecule has 1 aliphatic rings. The Labute approximate surface area is 143 Å². The highest BCUT2D eigenvalue weighted by molar-refractivity contribution is 5.83. The van der Waals surface area contributed by atoms with Gasteiger partial charge in [0.05, 0.1) is 7.11 Å². The number of carbonyl (C=O) groups is 2. The Morgan fingerprint density at radius 1 is 1.17 bits per heavy atom. The van der Waals surface area contributed by atoms with Crippen molar-refractivity contribution in [2.45, 2.75) is 39.3 Å². The molecule has 0 aromatic heterocycles. The van der Waals surface area contributed by atoms with Crippen LogP contribution in [0.2, 0.25) is 0 Å². The van der Waals surface area contributed by atoms with E-state index < -0.39 is 23.7 Å². The van der Waals surface area contributed by atoms with E-state index in [9.17, 15) is 9.59 Å². The van der Waals surface area contributed by atoms with Crippen molar-refractivity contribution in [1.82, 2.24) is 4.90 Å². The topological polar surface area (TPSA) is 59.1 Å². The first kappa shape index (κ1) is 18.1. The number of methoxy groups -OCH3 is 1. The van der Waals surface area contributed by atoms with Crippen LogP contribution in [-0.4, -0.2) is 55.3 Å². The normalized spacial score (nSPS) is 18.3. The maximum absolute atomic E-state index is 12.4. The molecule has 1 saturated heterocycles. The molecule has 0 unspecified atom stereocenters. The molecule has 1 aromatic rings. The van der Waals surface area contributed by atoms with Gasteiger partial charge in [0.15, 0.2) is 6.04 Å². The molecule has 1 aliphatic heterocycles. The van der Waals surface area contributed by atoms with Crippen LogP contribution in [0, 0.1) is 6.92 Å². The monoisotopic (exact) mass is 334 g/mol. The molecule has 132 valence electrons. The maximum atomic E-state index is 12.4. The van der Waals surface area contributed by atoms with Gasteiger partial charge in [-0.1, -0.05) is 18.2 Å². The molecule has 0 aliphatic carbocycles. The number of ether oxygens (including phenoxy) is 2. The van der Waals surface area contributed by atoms with Gasteiger partial charge in [0.1, 0.15) is 5.60 Å². The molecule has 0 spiro atoms. The lowest BCUT2D eigenvalue weighted by Crippen LogP contribution is -2.59. The summed E-state index contributed by atoms with van der Waals surface area (Å²) in [6.07, 6.45) is -0.484. The van der Waals surface area contributed by atoms with E-state index in [0.29, 0.717) is 19.6 Å². The number of rotatable bonds is 2. The number of aryl methyl sites for hydroxylation is 1. The number of esters is 1. The third kappa shape index (κ3) is 4.19. The summed E-state index contributed by atoms with van der Waals surface area (Å²) in [5.41, 5.74) is 1.59. The highest BCUT2D eigenvalue weighted by atomic mass is 16.6. The third-order valence-electron chi connectivity index (χ3n) is 3.94. The molecule has 6 nitrogen and oxygen atoms in total. The first-order valence-corrected chi connectivity index (χ1v) is 8.11. The second kappa shape index (κ2) is 7.11. The van der Waals surface area contributed by atoms with Gasteiger partial charge >= 0.3 is 12.1 Å². The zero-order valence-corrected chi connectivity index (χ0v) is 15.0. The molecule has 1 fully saturated rings. The van der Waals surface area contributed by atoms with Crippen molar-refractivity contribution in [3.8, 4) is 0 Å². The number of hydrogen-bond donors (Lipinski definition) is 0. The summed E-state index contributed by atoms with van der Waals surface area (Å²) in [5, 5.41) is 0. The summed E-state index contributed by atoms with van der Waals surface area (Å²) in [4.78, 5) is 28.2. The minimum absolute atomic E-state index is 0.386. The highest BCUT2D eigenvalue weighted by Gasteiger charge is 2.38. The molecule has 0 radical (unpaired) electrons. The van der Waals surface area contributed by atoms with E-state index in [1.807, 2.05) is 52.0 Å². The molecule has 1 aromatic carbocycles. The van der Waals surface area contributed by atoms with Crippen molar-refractivity contribution < 1.29 is 19.1 Å². The minimum Gasteiger partial charge on any atom is -0.467 e. The van der Waals surface area contributed by atoms with Gasteiger partial charge in [-0.25, -0.2) is 9.59 Å². The zero-order chi connectivity index (χ0) is 17.9. The van der Waals surface area contributed by atoms with Crippen LogP contribution in [0.5, 0.6) is 0 Å². The van der Waals surface area contributed by atoms with E-state index in [1.165, 1.54) is 12.0 Å². The SMILES string of the molecule is COC(=O)[C@H]1CN(c2ccccc2C)CCN1C(=O)OC(C)(C)C. The Kier molecular flexibility index (Phi) is 5.36. The summed E-state index contributed by atoms with van der Waals surface area (Å²) in [5.74, 6) is -0.431. The predicted octanol–water partition coefficient (Wildman–Crippen LogP) is 2.59. The van der Waals surface area contributed by atoms with Crippen LogP contribution in [-0.2, 0) is 14.3 Å². The summed E-state index contributed by atoms with van der Waals surface area (Å²) in [7, 11) is 1.34. The van der Waals surface area contributed by atoms with Gasteiger partial charge in [-0.2, -0.15) is 0 Å². The highest BCUT2D eigenvalue weighted by Crippen LogP contribution is 2.24. The molecular formula is C18H26N2O4. The van der Waals surface area contributed by atoms with Crippen LogP contribution in [0.25, 0.3) is 0 Å². The zero-order valence-electron chi connectivity index (χ0n) is 15.0. The van der Waals surface area contributed by atoms with Crippen LogP contribution in [0.4, 0.5) is 10.5 Å². The van der Waals surface area contributed by atoms with E-state index in [1.54, 1.807) is 0 Å². The molecule has 2 rings (SSSR count). The lowest BCUT2D eigenvalue weighted by molar-refractivity contribution is -0.147. The lowest BCUT2D eigenvalue weighted by Gasteiger charge is -2.41. The van der Waals surface area contributed by atoms with Crippen LogP contribution in [0.15, 0.2) is 24.3 Å². The van der Waals surface area contributed by atoms with Gasteiger partial charge in [-0.15, -0.1) is 0 Å². The predicted molar refractivity (Wildman–Crippen MR) is 92.1 cm³/mol. The second-order valence-electron chi connectivity index (χ2n) is 6.95. The van der Waals surface area contributed by atoms with Gasteiger partial charge in [0, 0.05) is 25.3 Å². The fraction of sp³-hybridized carbons (Fsp3) is 0.556. The number of anilines is 1. The average molecular weight is 334 g/mol. The van der Waals surface area contributed by atoms with Gasteiger partial charge in [-0.05, 0) is 39.3 Å². The molecule has 1 amide bonds. The van der Waals surface area contributed by atoms with Crippen LogP contribution in [0.1, 0.15) is 26.3 Å². The number of piperazine rings is 1. The Balaban J connectivity index is 2.20. The maximum Gasteiger partial charge on any atom is 0.411 e. The van der Waals surface area contributed by atoms with E-state index >= 15 is 0 Å². The molecule has 0 saturated carbocycles. The van der Waals surface area contributed by atoms with Crippen molar-refractivity contribution in [3.05, 3.63) is 29.8 Å².